The molecule has 1 aromatic carbocycles. The fraction of sp³-hybridized carbons (Fsp3) is 0.455. The van der Waals surface area contributed by atoms with Crippen molar-refractivity contribution in [3.63, 3.8) is 0 Å². The molecule has 0 amide bonds. The third-order valence-electron chi connectivity index (χ3n) is 1.72. The third-order valence-corrected chi connectivity index (χ3v) is 3.84. The van der Waals surface area contributed by atoms with Crippen LogP contribution >= 0.6 is 0 Å². The summed E-state index contributed by atoms with van der Waals surface area (Å²) in [5.41, 5.74) is 0. The molecule has 0 fully saturated rings. The maximum atomic E-state index is 3.42. The fourth-order valence-electron chi connectivity index (χ4n) is 1.06. The Labute approximate surface area is 87.1 Å². The Morgan fingerprint density at radius 1 is 1.15 bits per heavy atom. The minimum absolute atomic E-state index is 0.655. The molecule has 0 aliphatic carbocycles. The van der Waals surface area contributed by atoms with E-state index in [2.05, 4.69) is 42.6 Å². The van der Waals surface area contributed by atoms with Gasteiger partial charge in [-0.2, -0.15) is 0 Å². The van der Waals surface area contributed by atoms with Crippen molar-refractivity contribution in [2.75, 3.05) is 13.1 Å². The van der Waals surface area contributed by atoms with Crippen LogP contribution in [0, 0.1) is 0 Å². The quantitative estimate of drug-likeness (QED) is 0.588. The van der Waals surface area contributed by atoms with Crippen molar-refractivity contribution in [3.8, 4) is 0 Å². The number of nitrogens with one attached hydrogen (secondary N) is 1. The maximum absolute atomic E-state index is 3.42. The summed E-state index contributed by atoms with van der Waals surface area (Å²) in [5.74, 6) is 0. The van der Waals surface area contributed by atoms with Gasteiger partial charge in [-0.05, 0) is 0 Å². The van der Waals surface area contributed by atoms with E-state index in [1.807, 2.05) is 0 Å². The zero-order chi connectivity index (χ0) is 9.36. The molecule has 0 saturated heterocycles. The van der Waals surface area contributed by atoms with Crippen molar-refractivity contribution in [1.82, 2.24) is 5.32 Å². The van der Waals surface area contributed by atoms with Crippen LogP contribution in [0.25, 0.3) is 0 Å². The second-order valence-electron chi connectivity index (χ2n) is 2.91. The molecule has 0 aliphatic heterocycles. The van der Waals surface area contributed by atoms with Gasteiger partial charge >= 0.3 is 86.8 Å². The van der Waals surface area contributed by atoms with E-state index < -0.39 is 0 Å². The molecule has 0 spiro atoms. The number of hydrogen-bond acceptors (Lipinski definition) is 1. The summed E-state index contributed by atoms with van der Waals surface area (Å²) < 4.78 is 1.51. The van der Waals surface area contributed by atoms with Crippen LogP contribution in [-0.2, 0) is 0 Å². The van der Waals surface area contributed by atoms with Crippen LogP contribution < -0.4 is 9.78 Å². The average Bonchev–Trinajstić information content (AvgIpc) is 2.19. The Balaban J connectivity index is 2.07. The average molecular weight is 242 g/mol. The van der Waals surface area contributed by atoms with Crippen molar-refractivity contribution in [2.24, 2.45) is 0 Å². The number of benzene rings is 1. The van der Waals surface area contributed by atoms with Crippen LogP contribution in [0.3, 0.4) is 0 Å². The van der Waals surface area contributed by atoms with E-state index >= 15 is 0 Å². The van der Waals surface area contributed by atoms with Crippen molar-refractivity contribution in [1.29, 1.82) is 0 Å². The first-order chi connectivity index (χ1) is 6.43. The summed E-state index contributed by atoms with van der Waals surface area (Å²) in [4.78, 5) is 0. The molecule has 1 aromatic rings. The van der Waals surface area contributed by atoms with Crippen molar-refractivity contribution < 1.29 is 0 Å². The van der Waals surface area contributed by atoms with Crippen molar-refractivity contribution >= 4 is 19.4 Å². The van der Waals surface area contributed by atoms with E-state index in [1.165, 1.54) is 22.7 Å². The molecule has 1 nitrogen and oxygen atoms in total. The second-order valence-corrected chi connectivity index (χ2v) is 5.36. The Morgan fingerprint density at radius 2 is 1.92 bits per heavy atom. The molecule has 2 heteroatoms. The van der Waals surface area contributed by atoms with Gasteiger partial charge in [0.25, 0.3) is 0 Å². The van der Waals surface area contributed by atoms with Gasteiger partial charge in [0.2, 0.25) is 0 Å². The van der Waals surface area contributed by atoms with Crippen LogP contribution in [0.1, 0.15) is 13.3 Å². The third kappa shape index (κ3) is 5.09. The van der Waals surface area contributed by atoms with E-state index in [4.69, 9.17) is 0 Å². The molecule has 0 atom stereocenters. The van der Waals surface area contributed by atoms with Gasteiger partial charge < -0.3 is 0 Å². The van der Waals surface area contributed by atoms with Gasteiger partial charge in [0.15, 0.2) is 0 Å². The molecule has 0 unspecified atom stereocenters. The van der Waals surface area contributed by atoms with Gasteiger partial charge in [-0.25, -0.2) is 0 Å². The summed E-state index contributed by atoms with van der Waals surface area (Å²) in [5, 5.41) is 4.72. The van der Waals surface area contributed by atoms with E-state index in [9.17, 15) is 0 Å². The zero-order valence-electron chi connectivity index (χ0n) is 8.12. The van der Waals surface area contributed by atoms with Gasteiger partial charge in [-0.3, -0.25) is 0 Å². The summed E-state index contributed by atoms with van der Waals surface area (Å²) in [6, 6.07) is 10.8. The zero-order valence-corrected chi connectivity index (χ0v) is 9.84. The van der Waals surface area contributed by atoms with Gasteiger partial charge in [-0.1, -0.05) is 0 Å². The van der Waals surface area contributed by atoms with E-state index in [1.54, 1.807) is 0 Å². The first-order valence-corrected chi connectivity index (χ1v) is 6.89. The standard InChI is InChI=1S/C11H17NSe/c1-2-8-12-9-10-13-11-6-4-3-5-7-11/h3-7,12H,2,8-10H2,1H3. The Bertz CT molecular complexity index is 211. The van der Waals surface area contributed by atoms with Gasteiger partial charge in [-0.15, -0.1) is 0 Å². The molecule has 72 valence electrons. The summed E-state index contributed by atoms with van der Waals surface area (Å²) in [6.45, 7) is 4.53. The molecular formula is C11H17NSe. The fourth-order valence-corrected chi connectivity index (χ4v) is 2.80. The molecule has 13 heavy (non-hydrogen) atoms. The first kappa shape index (κ1) is 10.8. The molecule has 0 saturated carbocycles. The normalized spacial score (nSPS) is 10.2. The molecule has 1 N–H and O–H groups in total. The van der Waals surface area contributed by atoms with Crippen molar-refractivity contribution in [3.05, 3.63) is 30.3 Å². The Morgan fingerprint density at radius 3 is 2.62 bits per heavy atom. The molecule has 1 rings (SSSR count). The Hall–Kier alpha value is -0.301. The van der Waals surface area contributed by atoms with Crippen LogP contribution in [0.4, 0.5) is 0 Å². The summed E-state index contributed by atoms with van der Waals surface area (Å²) in [7, 11) is 0. The monoisotopic (exact) mass is 243 g/mol. The van der Waals surface area contributed by atoms with Gasteiger partial charge in [0, 0.05) is 0 Å². The summed E-state index contributed by atoms with van der Waals surface area (Å²) in [6.07, 6.45) is 1.23. The molecule has 0 heterocycles. The first-order valence-electron chi connectivity index (χ1n) is 4.82. The number of hydrogen-bond donors (Lipinski definition) is 1. The second kappa shape index (κ2) is 7.14. The Kier molecular flexibility index (Phi) is 5.92. The SMILES string of the molecule is CCCNCC[Se]c1ccccc1. The molecule has 0 aliphatic rings. The van der Waals surface area contributed by atoms with Crippen LogP contribution in [0.2, 0.25) is 5.32 Å². The van der Waals surface area contributed by atoms with Crippen LogP contribution in [0.5, 0.6) is 0 Å². The van der Waals surface area contributed by atoms with Crippen molar-refractivity contribution in [2.45, 2.75) is 18.7 Å². The van der Waals surface area contributed by atoms with E-state index in [-0.39, 0.29) is 0 Å². The molecular weight excluding hydrogens is 225 g/mol. The number of rotatable bonds is 6. The summed E-state index contributed by atoms with van der Waals surface area (Å²) >= 11 is 0.655. The van der Waals surface area contributed by atoms with Crippen LogP contribution in [-0.4, -0.2) is 28.0 Å². The topological polar surface area (TPSA) is 12.0 Å². The predicted molar refractivity (Wildman–Crippen MR) is 59.8 cm³/mol. The van der Waals surface area contributed by atoms with Crippen LogP contribution in [0.15, 0.2) is 30.3 Å². The molecule has 0 aromatic heterocycles. The van der Waals surface area contributed by atoms with E-state index in [0.29, 0.717) is 15.0 Å². The van der Waals surface area contributed by atoms with Gasteiger partial charge in [0.1, 0.15) is 0 Å². The van der Waals surface area contributed by atoms with Gasteiger partial charge in [0.05, 0.1) is 0 Å². The molecule has 0 radical (unpaired) electrons. The van der Waals surface area contributed by atoms with E-state index in [0.717, 1.165) is 6.54 Å². The molecule has 0 bridgehead atoms. The predicted octanol–water partition coefficient (Wildman–Crippen LogP) is 1.43. The minimum atomic E-state index is 0.655.